The first-order valence-electron chi connectivity index (χ1n) is 7.00. The molecule has 3 rings (SSSR count). The number of nitrogens with one attached hydrogen (secondary N) is 1. The van der Waals surface area contributed by atoms with Crippen molar-refractivity contribution in [1.82, 2.24) is 5.32 Å². The Morgan fingerprint density at radius 3 is 2.38 bits per heavy atom. The number of halogens is 1. The summed E-state index contributed by atoms with van der Waals surface area (Å²) >= 11 is 5.87. The first-order chi connectivity index (χ1) is 10.2. The molecule has 1 N–H and O–H groups in total. The largest absolute Gasteiger partial charge is 0.476 e. The lowest BCUT2D eigenvalue weighted by Crippen LogP contribution is -2.33. The van der Waals surface area contributed by atoms with Gasteiger partial charge in [-0.3, -0.25) is 4.79 Å². The molecule has 1 aliphatic carbocycles. The smallest absolute Gasteiger partial charge is 0.266 e. The fourth-order valence-corrected chi connectivity index (χ4v) is 2.18. The summed E-state index contributed by atoms with van der Waals surface area (Å²) in [5, 5.41) is 3.63. The van der Waals surface area contributed by atoms with Gasteiger partial charge in [-0.1, -0.05) is 41.9 Å². The molecule has 0 saturated heterocycles. The topological polar surface area (TPSA) is 38.3 Å². The van der Waals surface area contributed by atoms with Gasteiger partial charge in [-0.15, -0.1) is 0 Å². The monoisotopic (exact) mass is 301 g/mol. The lowest BCUT2D eigenvalue weighted by atomic mass is 10.1. The molecule has 1 aliphatic rings. The molecule has 1 saturated carbocycles. The van der Waals surface area contributed by atoms with Crippen LogP contribution in [0.25, 0.3) is 0 Å². The molecule has 3 nitrogen and oxygen atoms in total. The minimum absolute atomic E-state index is 0.0985. The third-order valence-corrected chi connectivity index (χ3v) is 3.58. The normalized spacial score (nSPS) is 15.3. The highest BCUT2D eigenvalue weighted by atomic mass is 35.5. The van der Waals surface area contributed by atoms with Gasteiger partial charge >= 0.3 is 0 Å². The van der Waals surface area contributed by atoms with Crippen LogP contribution in [-0.4, -0.2) is 11.9 Å². The first-order valence-corrected chi connectivity index (χ1v) is 7.38. The van der Waals surface area contributed by atoms with Crippen LogP contribution < -0.4 is 10.1 Å². The van der Waals surface area contributed by atoms with Gasteiger partial charge in [0, 0.05) is 16.6 Å². The van der Waals surface area contributed by atoms with E-state index in [0.717, 1.165) is 18.4 Å². The number of rotatable bonds is 5. The number of carbonyl (C=O) groups excluding carboxylic acids is 1. The van der Waals surface area contributed by atoms with Crippen LogP contribution in [0.15, 0.2) is 54.6 Å². The molecule has 0 bridgehead atoms. The maximum atomic E-state index is 12.4. The lowest BCUT2D eigenvalue weighted by Gasteiger charge is -2.19. The summed E-state index contributed by atoms with van der Waals surface area (Å²) in [4.78, 5) is 12.4. The van der Waals surface area contributed by atoms with Gasteiger partial charge in [0.15, 0.2) is 0 Å². The molecular formula is C17H16ClNO2. The Bertz CT molecular complexity index is 608. The summed E-state index contributed by atoms with van der Waals surface area (Å²) in [6, 6.07) is 16.8. The van der Waals surface area contributed by atoms with Crippen molar-refractivity contribution in [3.05, 3.63) is 65.2 Å². The molecule has 108 valence electrons. The Balaban J connectivity index is 1.80. The zero-order valence-corrected chi connectivity index (χ0v) is 12.2. The molecular weight excluding hydrogens is 286 g/mol. The third-order valence-electron chi connectivity index (χ3n) is 3.33. The summed E-state index contributed by atoms with van der Waals surface area (Å²) in [6.07, 6.45) is 1.45. The molecule has 0 unspecified atom stereocenters. The molecule has 2 aromatic carbocycles. The van der Waals surface area contributed by atoms with Crippen molar-refractivity contribution in [1.29, 1.82) is 0 Å². The number of carbonyl (C=O) groups is 1. The van der Waals surface area contributed by atoms with Crippen molar-refractivity contribution in [2.75, 3.05) is 0 Å². The molecule has 0 aromatic heterocycles. The molecule has 4 heteroatoms. The van der Waals surface area contributed by atoms with Crippen molar-refractivity contribution in [2.45, 2.75) is 25.0 Å². The molecule has 0 spiro atoms. The second-order valence-electron chi connectivity index (χ2n) is 5.15. The quantitative estimate of drug-likeness (QED) is 0.913. The van der Waals surface area contributed by atoms with Crippen LogP contribution >= 0.6 is 11.6 Å². The predicted octanol–water partition coefficient (Wildman–Crippen LogP) is 3.74. The minimum atomic E-state index is -0.645. The van der Waals surface area contributed by atoms with Crippen LogP contribution in [0.2, 0.25) is 5.02 Å². The van der Waals surface area contributed by atoms with E-state index >= 15 is 0 Å². The van der Waals surface area contributed by atoms with Crippen molar-refractivity contribution < 1.29 is 9.53 Å². The molecule has 1 atom stereocenters. The number of ether oxygens (including phenoxy) is 1. The van der Waals surface area contributed by atoms with Crippen LogP contribution in [0.4, 0.5) is 0 Å². The van der Waals surface area contributed by atoms with Gasteiger partial charge in [0.2, 0.25) is 6.10 Å². The van der Waals surface area contributed by atoms with E-state index in [0.29, 0.717) is 16.8 Å². The highest BCUT2D eigenvalue weighted by Gasteiger charge is 2.29. The maximum Gasteiger partial charge on any atom is 0.266 e. The minimum Gasteiger partial charge on any atom is -0.476 e. The lowest BCUT2D eigenvalue weighted by molar-refractivity contribution is -0.128. The Labute approximate surface area is 128 Å². The third kappa shape index (κ3) is 3.76. The summed E-state index contributed by atoms with van der Waals surface area (Å²) in [6.45, 7) is 0. The molecule has 1 fully saturated rings. The maximum absolute atomic E-state index is 12.4. The highest BCUT2D eigenvalue weighted by molar-refractivity contribution is 6.30. The second kappa shape index (κ2) is 6.19. The average Bonchev–Trinajstić information content (AvgIpc) is 3.31. The highest BCUT2D eigenvalue weighted by Crippen LogP contribution is 2.26. The van der Waals surface area contributed by atoms with E-state index in [4.69, 9.17) is 16.3 Å². The van der Waals surface area contributed by atoms with E-state index < -0.39 is 6.10 Å². The predicted molar refractivity (Wildman–Crippen MR) is 82.4 cm³/mol. The molecule has 2 aromatic rings. The van der Waals surface area contributed by atoms with Crippen molar-refractivity contribution in [3.63, 3.8) is 0 Å². The van der Waals surface area contributed by atoms with Crippen LogP contribution in [0.3, 0.4) is 0 Å². The van der Waals surface area contributed by atoms with Crippen molar-refractivity contribution >= 4 is 17.5 Å². The standard InChI is InChI=1S/C17H16ClNO2/c18-13-6-10-15(11-7-13)21-16(12-4-2-1-3-5-12)17(20)19-14-8-9-14/h1-7,10-11,14,16H,8-9H2,(H,19,20)/t16-/m0/s1. The van der Waals surface area contributed by atoms with E-state index in [1.165, 1.54) is 0 Å². The molecule has 0 aliphatic heterocycles. The van der Waals surface area contributed by atoms with Crippen LogP contribution in [0, 0.1) is 0 Å². The summed E-state index contributed by atoms with van der Waals surface area (Å²) < 4.78 is 5.88. The Morgan fingerprint density at radius 1 is 1.10 bits per heavy atom. The van der Waals surface area contributed by atoms with Crippen molar-refractivity contribution in [3.8, 4) is 5.75 Å². The second-order valence-corrected chi connectivity index (χ2v) is 5.58. The Hall–Kier alpha value is -2.00. The van der Waals surface area contributed by atoms with Gasteiger partial charge in [0.25, 0.3) is 5.91 Å². The van der Waals surface area contributed by atoms with Crippen LogP contribution in [-0.2, 0) is 4.79 Å². The van der Waals surface area contributed by atoms with Gasteiger partial charge in [-0.05, 0) is 37.1 Å². The molecule has 21 heavy (non-hydrogen) atoms. The number of hydrogen-bond donors (Lipinski definition) is 1. The van der Waals surface area contributed by atoms with Gasteiger partial charge in [-0.2, -0.15) is 0 Å². The Kier molecular flexibility index (Phi) is 4.11. The Morgan fingerprint density at radius 2 is 1.76 bits per heavy atom. The van der Waals surface area contributed by atoms with E-state index in [9.17, 15) is 4.79 Å². The van der Waals surface area contributed by atoms with E-state index in [1.807, 2.05) is 30.3 Å². The van der Waals surface area contributed by atoms with Gasteiger partial charge in [-0.25, -0.2) is 0 Å². The zero-order chi connectivity index (χ0) is 14.7. The van der Waals surface area contributed by atoms with Gasteiger partial charge < -0.3 is 10.1 Å². The van der Waals surface area contributed by atoms with Crippen molar-refractivity contribution in [2.24, 2.45) is 0 Å². The summed E-state index contributed by atoms with van der Waals surface area (Å²) in [7, 11) is 0. The summed E-state index contributed by atoms with van der Waals surface area (Å²) in [5.41, 5.74) is 0.839. The SMILES string of the molecule is O=C(NC1CC1)[C@@H](Oc1ccc(Cl)cc1)c1ccccc1. The zero-order valence-electron chi connectivity index (χ0n) is 11.5. The van der Waals surface area contributed by atoms with Crippen LogP contribution in [0.5, 0.6) is 5.75 Å². The van der Waals surface area contributed by atoms with E-state index in [-0.39, 0.29) is 5.91 Å². The van der Waals surface area contributed by atoms with Gasteiger partial charge in [0.05, 0.1) is 0 Å². The average molecular weight is 302 g/mol. The molecule has 1 amide bonds. The van der Waals surface area contributed by atoms with E-state index in [2.05, 4.69) is 5.32 Å². The fourth-order valence-electron chi connectivity index (χ4n) is 2.05. The fraction of sp³-hybridized carbons (Fsp3) is 0.235. The molecule has 0 heterocycles. The number of benzene rings is 2. The van der Waals surface area contributed by atoms with Gasteiger partial charge in [0.1, 0.15) is 5.75 Å². The van der Waals surface area contributed by atoms with Crippen LogP contribution in [0.1, 0.15) is 24.5 Å². The molecule has 0 radical (unpaired) electrons. The summed E-state index contributed by atoms with van der Waals surface area (Å²) in [5.74, 6) is 0.526. The first kappa shape index (κ1) is 14.0. The number of hydrogen-bond acceptors (Lipinski definition) is 2. The number of amides is 1. The van der Waals surface area contributed by atoms with E-state index in [1.54, 1.807) is 24.3 Å².